The molecule has 1 heterocycles. The number of carbonyl (C=O) groups is 2. The lowest BCUT2D eigenvalue weighted by Crippen LogP contribution is -2.42. The van der Waals surface area contributed by atoms with Crippen LogP contribution in [0, 0.1) is 4.91 Å². The number of amides is 2. The zero-order valence-corrected chi connectivity index (χ0v) is 13.6. The molecule has 1 aliphatic heterocycles. The molecule has 0 fully saturated rings. The van der Waals surface area contributed by atoms with Crippen LogP contribution in [0.1, 0.15) is 20.7 Å². The predicted molar refractivity (Wildman–Crippen MR) is 91.4 cm³/mol. The first kappa shape index (κ1) is 17.0. The molecule has 2 aromatic rings. The van der Waals surface area contributed by atoms with Gasteiger partial charge in [-0.1, -0.05) is 12.1 Å². The largest absolute Gasteiger partial charge is 0.394 e. The summed E-state index contributed by atoms with van der Waals surface area (Å²) in [6.45, 7) is 0.284. The lowest BCUT2D eigenvalue weighted by molar-refractivity contribution is 0.0478. The number of imide groups is 1. The van der Waals surface area contributed by atoms with Crippen LogP contribution in [-0.2, 0) is 4.74 Å². The Hall–Kier alpha value is -2.84. The third-order valence-corrected chi connectivity index (χ3v) is 4.13. The van der Waals surface area contributed by atoms with Crippen LogP contribution in [0.15, 0.2) is 35.6 Å². The van der Waals surface area contributed by atoms with Gasteiger partial charge in [0.1, 0.15) is 0 Å². The maximum Gasteiger partial charge on any atom is 0.261 e. The maximum atomic E-state index is 12.7. The normalized spacial score (nSPS) is 13.4. The third kappa shape index (κ3) is 2.86. The van der Waals surface area contributed by atoms with E-state index in [1.54, 1.807) is 30.3 Å². The highest BCUT2D eigenvalue weighted by atomic mass is 16.5. The van der Waals surface area contributed by atoms with Crippen LogP contribution < -0.4 is 5.01 Å². The van der Waals surface area contributed by atoms with Crippen LogP contribution in [0.2, 0.25) is 0 Å². The van der Waals surface area contributed by atoms with Crippen LogP contribution in [-0.4, -0.2) is 55.2 Å². The minimum atomic E-state index is -0.408. The van der Waals surface area contributed by atoms with Gasteiger partial charge < -0.3 is 9.84 Å². The molecule has 0 bridgehead atoms. The van der Waals surface area contributed by atoms with E-state index < -0.39 is 11.8 Å². The quantitative estimate of drug-likeness (QED) is 0.354. The van der Waals surface area contributed by atoms with E-state index in [4.69, 9.17) is 9.84 Å². The average Bonchev–Trinajstić information content (AvgIpc) is 2.64. The zero-order valence-electron chi connectivity index (χ0n) is 13.6. The minimum absolute atomic E-state index is 0.102. The number of carbonyl (C=O) groups excluding carboxylic acids is 2. The number of hydrogen-bond donors (Lipinski definition) is 1. The highest BCUT2D eigenvalue weighted by molar-refractivity contribution is 6.26. The van der Waals surface area contributed by atoms with E-state index in [-0.39, 0.29) is 26.4 Å². The van der Waals surface area contributed by atoms with Gasteiger partial charge in [-0.3, -0.25) is 14.5 Å². The van der Waals surface area contributed by atoms with Crippen LogP contribution in [0.4, 0.5) is 5.69 Å². The van der Waals surface area contributed by atoms with Gasteiger partial charge >= 0.3 is 0 Å². The number of ether oxygens (including phenoxy) is 1. The predicted octanol–water partition coefficient (Wildman–Crippen LogP) is 1.56. The summed E-state index contributed by atoms with van der Waals surface area (Å²) in [6.07, 6.45) is 0. The van der Waals surface area contributed by atoms with Crippen molar-refractivity contribution in [3.63, 3.8) is 0 Å². The molecule has 0 spiro atoms. The summed E-state index contributed by atoms with van der Waals surface area (Å²) >= 11 is 0. The summed E-state index contributed by atoms with van der Waals surface area (Å²) in [7, 11) is 1.51. The number of nitrogens with zero attached hydrogens (tertiary/aromatic N) is 3. The fourth-order valence-corrected chi connectivity index (χ4v) is 2.98. The second-order valence-electron chi connectivity index (χ2n) is 5.56. The molecule has 2 amide bonds. The summed E-state index contributed by atoms with van der Waals surface area (Å²) in [4.78, 5) is 37.5. The fraction of sp³-hybridized carbons (Fsp3) is 0.294. The second kappa shape index (κ2) is 6.96. The van der Waals surface area contributed by atoms with E-state index in [0.29, 0.717) is 27.6 Å². The standard InChI is InChI=1S/C17H17N3O5/c1-19(18-24)14-6-5-13-15-11(14)3-2-4-12(15)16(22)20(17(13)23)7-9-25-10-8-21/h2-6,21H,7-10H2,1H3. The molecule has 0 atom stereocenters. The molecular weight excluding hydrogens is 326 g/mol. The second-order valence-corrected chi connectivity index (χ2v) is 5.56. The van der Waals surface area contributed by atoms with Crippen molar-refractivity contribution in [2.24, 2.45) is 5.29 Å². The lowest BCUT2D eigenvalue weighted by atomic mass is 9.93. The number of aliphatic hydroxyl groups excluding tert-OH is 1. The van der Waals surface area contributed by atoms with Gasteiger partial charge in [-0.2, -0.15) is 0 Å². The Kier molecular flexibility index (Phi) is 4.73. The Morgan fingerprint density at radius 2 is 1.84 bits per heavy atom. The van der Waals surface area contributed by atoms with E-state index >= 15 is 0 Å². The molecule has 0 radical (unpaired) electrons. The first-order chi connectivity index (χ1) is 12.1. The molecule has 0 aliphatic carbocycles. The molecular formula is C17H17N3O5. The van der Waals surface area contributed by atoms with Gasteiger partial charge in [0.05, 0.1) is 37.3 Å². The SMILES string of the molecule is CN(N=O)c1ccc2c3c(cccc13)C(=O)N(CCOCCO)C2=O. The molecule has 130 valence electrons. The number of aliphatic hydroxyl groups is 1. The third-order valence-electron chi connectivity index (χ3n) is 4.13. The van der Waals surface area contributed by atoms with Gasteiger partial charge in [0, 0.05) is 28.9 Å². The van der Waals surface area contributed by atoms with E-state index in [2.05, 4.69) is 5.29 Å². The number of hydrogen-bond acceptors (Lipinski definition) is 6. The smallest absolute Gasteiger partial charge is 0.261 e. The Labute approximate surface area is 143 Å². The molecule has 8 nitrogen and oxygen atoms in total. The van der Waals surface area contributed by atoms with Crippen molar-refractivity contribution in [1.29, 1.82) is 0 Å². The Bertz CT molecular complexity index is 829. The van der Waals surface area contributed by atoms with E-state index in [0.717, 1.165) is 9.91 Å². The van der Waals surface area contributed by atoms with Crippen molar-refractivity contribution in [2.45, 2.75) is 0 Å². The van der Waals surface area contributed by atoms with Crippen LogP contribution >= 0.6 is 0 Å². The zero-order chi connectivity index (χ0) is 18.0. The van der Waals surface area contributed by atoms with Gasteiger partial charge in [0.15, 0.2) is 0 Å². The van der Waals surface area contributed by atoms with Crippen molar-refractivity contribution in [1.82, 2.24) is 4.90 Å². The van der Waals surface area contributed by atoms with E-state index in [1.165, 1.54) is 7.05 Å². The van der Waals surface area contributed by atoms with Gasteiger partial charge in [0.2, 0.25) is 0 Å². The van der Waals surface area contributed by atoms with Crippen LogP contribution in [0.3, 0.4) is 0 Å². The van der Waals surface area contributed by atoms with Crippen molar-refractivity contribution < 1.29 is 19.4 Å². The Balaban J connectivity index is 2.04. The summed E-state index contributed by atoms with van der Waals surface area (Å²) in [5, 5.41) is 13.9. The van der Waals surface area contributed by atoms with Crippen molar-refractivity contribution in [2.75, 3.05) is 38.4 Å². The van der Waals surface area contributed by atoms with E-state index in [9.17, 15) is 14.5 Å². The molecule has 2 aromatic carbocycles. The minimum Gasteiger partial charge on any atom is -0.394 e. The summed E-state index contributed by atoms with van der Waals surface area (Å²) in [5.74, 6) is -0.816. The average molecular weight is 343 g/mol. The molecule has 0 aromatic heterocycles. The molecule has 0 unspecified atom stereocenters. The molecule has 3 rings (SSSR count). The Morgan fingerprint density at radius 3 is 2.52 bits per heavy atom. The first-order valence-corrected chi connectivity index (χ1v) is 7.77. The van der Waals surface area contributed by atoms with Gasteiger partial charge in [-0.15, -0.1) is 4.91 Å². The van der Waals surface area contributed by atoms with Crippen molar-refractivity contribution in [3.8, 4) is 0 Å². The van der Waals surface area contributed by atoms with Gasteiger partial charge in [0.25, 0.3) is 11.8 Å². The maximum absolute atomic E-state index is 12.7. The van der Waals surface area contributed by atoms with E-state index in [1.807, 2.05) is 0 Å². The highest BCUT2D eigenvalue weighted by Gasteiger charge is 2.33. The fourth-order valence-electron chi connectivity index (χ4n) is 2.98. The topological polar surface area (TPSA) is 99.5 Å². The summed E-state index contributed by atoms with van der Waals surface area (Å²) in [5.41, 5.74) is 1.32. The molecule has 0 saturated heterocycles. The summed E-state index contributed by atoms with van der Waals surface area (Å²) < 4.78 is 5.16. The van der Waals surface area contributed by atoms with Crippen molar-refractivity contribution >= 4 is 28.3 Å². The number of nitroso groups, excluding NO2 is 1. The molecule has 8 heteroatoms. The summed E-state index contributed by atoms with van der Waals surface area (Å²) in [6, 6.07) is 8.34. The molecule has 1 aliphatic rings. The van der Waals surface area contributed by atoms with Gasteiger partial charge in [-0.25, -0.2) is 5.01 Å². The molecule has 0 saturated carbocycles. The lowest BCUT2D eigenvalue weighted by Gasteiger charge is -2.28. The molecule has 25 heavy (non-hydrogen) atoms. The van der Waals surface area contributed by atoms with Crippen LogP contribution in [0.5, 0.6) is 0 Å². The van der Waals surface area contributed by atoms with Gasteiger partial charge in [-0.05, 0) is 18.2 Å². The number of rotatable bonds is 7. The van der Waals surface area contributed by atoms with Crippen LogP contribution in [0.25, 0.3) is 10.8 Å². The van der Waals surface area contributed by atoms with Crippen molar-refractivity contribution in [3.05, 3.63) is 46.4 Å². The monoisotopic (exact) mass is 343 g/mol. The Morgan fingerprint density at radius 1 is 1.12 bits per heavy atom. The first-order valence-electron chi connectivity index (χ1n) is 7.77. The molecule has 1 N–H and O–H groups in total. The number of benzene rings is 2. The number of anilines is 1. The highest BCUT2D eigenvalue weighted by Crippen LogP contribution is 2.35.